The summed E-state index contributed by atoms with van der Waals surface area (Å²) in [6.45, 7) is 5.86. The molecule has 5 nitrogen and oxygen atoms in total. The van der Waals surface area contributed by atoms with E-state index in [1.165, 1.54) is 0 Å². The second-order valence-corrected chi connectivity index (χ2v) is 4.71. The molecule has 0 bridgehead atoms. The molecular formula is C14H27NO4. The van der Waals surface area contributed by atoms with Crippen molar-refractivity contribution >= 4 is 11.9 Å². The summed E-state index contributed by atoms with van der Waals surface area (Å²) in [5.74, 6) is -0.382. The van der Waals surface area contributed by atoms with Crippen LogP contribution in [0.25, 0.3) is 0 Å². The van der Waals surface area contributed by atoms with Gasteiger partial charge in [0, 0.05) is 26.0 Å². The molecule has 0 aliphatic carbocycles. The normalized spacial score (nSPS) is 12.1. The van der Waals surface area contributed by atoms with Gasteiger partial charge >= 0.3 is 5.97 Å². The van der Waals surface area contributed by atoms with Gasteiger partial charge in [-0.25, -0.2) is 0 Å². The van der Waals surface area contributed by atoms with Gasteiger partial charge in [0.15, 0.2) is 0 Å². The molecule has 1 unspecified atom stereocenters. The number of aliphatic carboxylic acids is 1. The highest BCUT2D eigenvalue weighted by atomic mass is 16.5. The van der Waals surface area contributed by atoms with E-state index in [0.29, 0.717) is 38.5 Å². The number of rotatable bonds is 12. The first kappa shape index (κ1) is 17.9. The van der Waals surface area contributed by atoms with E-state index in [9.17, 15) is 9.59 Å². The van der Waals surface area contributed by atoms with Crippen LogP contribution in [0.3, 0.4) is 0 Å². The Labute approximate surface area is 115 Å². The monoisotopic (exact) mass is 273 g/mol. The standard InChI is InChI=1S/C14H27NO4/c1-3-10-19-11-8-13(16)15-9-7-12(4-2)5-6-14(17)18/h12H,3-11H2,1-2H3,(H,15,16)(H,17,18). The average molecular weight is 273 g/mol. The molecular weight excluding hydrogens is 246 g/mol. The van der Waals surface area contributed by atoms with E-state index in [1.54, 1.807) is 0 Å². The van der Waals surface area contributed by atoms with Gasteiger partial charge < -0.3 is 15.2 Å². The minimum atomic E-state index is -0.754. The van der Waals surface area contributed by atoms with Gasteiger partial charge in [0.25, 0.3) is 0 Å². The molecule has 5 heteroatoms. The van der Waals surface area contributed by atoms with E-state index in [2.05, 4.69) is 5.32 Å². The third kappa shape index (κ3) is 11.7. The van der Waals surface area contributed by atoms with Gasteiger partial charge in [-0.3, -0.25) is 9.59 Å². The van der Waals surface area contributed by atoms with Crippen molar-refractivity contribution in [3.8, 4) is 0 Å². The Bertz CT molecular complexity index is 256. The molecule has 19 heavy (non-hydrogen) atoms. The third-order valence-electron chi connectivity index (χ3n) is 3.04. The van der Waals surface area contributed by atoms with E-state index in [1.807, 2.05) is 13.8 Å². The Balaban J connectivity index is 3.57. The number of amides is 1. The first-order valence-corrected chi connectivity index (χ1v) is 7.16. The summed E-state index contributed by atoms with van der Waals surface area (Å²) >= 11 is 0. The summed E-state index contributed by atoms with van der Waals surface area (Å²) < 4.78 is 5.24. The predicted octanol–water partition coefficient (Wildman–Crippen LogP) is 2.20. The molecule has 0 fully saturated rings. The Kier molecular flexibility index (Phi) is 11.3. The number of hydrogen-bond donors (Lipinski definition) is 2. The second kappa shape index (κ2) is 12.0. The molecule has 0 saturated heterocycles. The number of ether oxygens (including phenoxy) is 1. The molecule has 0 saturated carbocycles. The van der Waals surface area contributed by atoms with Crippen molar-refractivity contribution < 1.29 is 19.4 Å². The fourth-order valence-corrected chi connectivity index (χ4v) is 1.80. The highest BCUT2D eigenvalue weighted by molar-refractivity contribution is 5.75. The van der Waals surface area contributed by atoms with Gasteiger partial charge in [-0.05, 0) is 25.2 Å². The lowest BCUT2D eigenvalue weighted by Gasteiger charge is -2.14. The molecule has 0 aliphatic rings. The Hall–Kier alpha value is -1.10. The summed E-state index contributed by atoms with van der Waals surface area (Å²) in [6, 6.07) is 0. The van der Waals surface area contributed by atoms with Crippen molar-refractivity contribution in [2.45, 2.75) is 52.4 Å². The van der Waals surface area contributed by atoms with E-state index >= 15 is 0 Å². The summed E-state index contributed by atoms with van der Waals surface area (Å²) in [4.78, 5) is 21.9. The summed E-state index contributed by atoms with van der Waals surface area (Å²) in [7, 11) is 0. The maximum atomic E-state index is 11.5. The first-order valence-electron chi connectivity index (χ1n) is 7.16. The number of carboxylic acid groups (broad SMARTS) is 1. The van der Waals surface area contributed by atoms with Gasteiger partial charge in [-0.15, -0.1) is 0 Å². The van der Waals surface area contributed by atoms with Crippen molar-refractivity contribution in [3.05, 3.63) is 0 Å². The van der Waals surface area contributed by atoms with Crippen LogP contribution in [-0.4, -0.2) is 36.7 Å². The highest BCUT2D eigenvalue weighted by Crippen LogP contribution is 2.14. The van der Waals surface area contributed by atoms with Crippen LogP contribution in [0.2, 0.25) is 0 Å². The Morgan fingerprint density at radius 2 is 1.89 bits per heavy atom. The van der Waals surface area contributed by atoms with Gasteiger partial charge in [0.2, 0.25) is 5.91 Å². The van der Waals surface area contributed by atoms with Crippen molar-refractivity contribution in [2.75, 3.05) is 19.8 Å². The fourth-order valence-electron chi connectivity index (χ4n) is 1.80. The highest BCUT2D eigenvalue weighted by Gasteiger charge is 2.09. The minimum Gasteiger partial charge on any atom is -0.481 e. The number of nitrogens with one attached hydrogen (secondary N) is 1. The van der Waals surface area contributed by atoms with Gasteiger partial charge in [-0.2, -0.15) is 0 Å². The zero-order valence-electron chi connectivity index (χ0n) is 12.1. The van der Waals surface area contributed by atoms with Gasteiger partial charge in [0.05, 0.1) is 6.61 Å². The molecule has 112 valence electrons. The molecule has 1 atom stereocenters. The SMILES string of the molecule is CCCOCCC(=O)NCCC(CC)CCC(=O)O. The van der Waals surface area contributed by atoms with Crippen LogP contribution in [0, 0.1) is 5.92 Å². The average Bonchev–Trinajstić information content (AvgIpc) is 2.38. The molecule has 0 aliphatic heterocycles. The maximum absolute atomic E-state index is 11.5. The lowest BCUT2D eigenvalue weighted by Crippen LogP contribution is -2.27. The van der Waals surface area contributed by atoms with Gasteiger partial charge in [-0.1, -0.05) is 20.3 Å². The van der Waals surface area contributed by atoms with Crippen LogP contribution >= 0.6 is 0 Å². The molecule has 2 N–H and O–H groups in total. The third-order valence-corrected chi connectivity index (χ3v) is 3.04. The molecule has 0 aromatic heterocycles. The first-order chi connectivity index (χ1) is 9.10. The zero-order valence-corrected chi connectivity index (χ0v) is 12.1. The van der Waals surface area contributed by atoms with Crippen LogP contribution < -0.4 is 5.32 Å². The topological polar surface area (TPSA) is 75.6 Å². The molecule has 1 amide bonds. The summed E-state index contributed by atoms with van der Waals surface area (Å²) in [6.07, 6.45) is 4.03. The van der Waals surface area contributed by atoms with E-state index in [-0.39, 0.29) is 12.3 Å². The lowest BCUT2D eigenvalue weighted by atomic mass is 9.96. The van der Waals surface area contributed by atoms with Gasteiger partial charge in [0.1, 0.15) is 0 Å². The lowest BCUT2D eigenvalue weighted by molar-refractivity contribution is -0.137. The van der Waals surface area contributed by atoms with Crippen molar-refractivity contribution in [1.29, 1.82) is 0 Å². The largest absolute Gasteiger partial charge is 0.481 e. The molecule has 0 heterocycles. The van der Waals surface area contributed by atoms with Crippen LogP contribution in [0.5, 0.6) is 0 Å². The van der Waals surface area contributed by atoms with E-state index in [0.717, 1.165) is 19.3 Å². The molecule has 0 radical (unpaired) electrons. The fraction of sp³-hybridized carbons (Fsp3) is 0.857. The smallest absolute Gasteiger partial charge is 0.303 e. The maximum Gasteiger partial charge on any atom is 0.303 e. The summed E-state index contributed by atoms with van der Waals surface area (Å²) in [5.41, 5.74) is 0. The van der Waals surface area contributed by atoms with Crippen LogP contribution in [0.1, 0.15) is 52.4 Å². The van der Waals surface area contributed by atoms with E-state index < -0.39 is 5.97 Å². The molecule has 0 rings (SSSR count). The molecule has 0 aromatic rings. The van der Waals surface area contributed by atoms with Crippen LogP contribution in [0.15, 0.2) is 0 Å². The quantitative estimate of drug-likeness (QED) is 0.534. The number of carbonyl (C=O) groups excluding carboxylic acids is 1. The number of hydrogen-bond acceptors (Lipinski definition) is 3. The second-order valence-electron chi connectivity index (χ2n) is 4.71. The zero-order chi connectivity index (χ0) is 14.5. The molecule has 0 aromatic carbocycles. The van der Waals surface area contributed by atoms with Crippen molar-refractivity contribution in [3.63, 3.8) is 0 Å². The van der Waals surface area contributed by atoms with Crippen LogP contribution in [0.4, 0.5) is 0 Å². The van der Waals surface area contributed by atoms with Crippen LogP contribution in [-0.2, 0) is 14.3 Å². The Morgan fingerprint density at radius 1 is 1.16 bits per heavy atom. The number of carboxylic acids is 1. The minimum absolute atomic E-state index is 0.00388. The number of carbonyl (C=O) groups is 2. The summed E-state index contributed by atoms with van der Waals surface area (Å²) in [5, 5.41) is 11.5. The van der Waals surface area contributed by atoms with E-state index in [4.69, 9.17) is 9.84 Å². The molecule has 0 spiro atoms. The Morgan fingerprint density at radius 3 is 2.47 bits per heavy atom. The predicted molar refractivity (Wildman–Crippen MR) is 74.0 cm³/mol. The van der Waals surface area contributed by atoms with Crippen molar-refractivity contribution in [1.82, 2.24) is 5.32 Å². The van der Waals surface area contributed by atoms with Crippen molar-refractivity contribution in [2.24, 2.45) is 5.92 Å².